The molecule has 1 N–H and O–H groups in total. The molecule has 1 atom stereocenters. The zero-order valence-corrected chi connectivity index (χ0v) is 16.7. The lowest BCUT2D eigenvalue weighted by Gasteiger charge is -2.28. The summed E-state index contributed by atoms with van der Waals surface area (Å²) in [5.41, 5.74) is 2.55. The first-order chi connectivity index (χ1) is 14.0. The minimum absolute atomic E-state index is 0.0636. The Morgan fingerprint density at radius 1 is 1.17 bits per heavy atom. The lowest BCUT2D eigenvalue weighted by molar-refractivity contribution is -0.112. The van der Waals surface area contributed by atoms with Crippen LogP contribution >= 0.6 is 11.8 Å². The van der Waals surface area contributed by atoms with Gasteiger partial charge in [0.05, 0.1) is 12.1 Å². The molecule has 1 saturated heterocycles. The first-order valence-electron chi connectivity index (χ1n) is 9.26. The third-order valence-corrected chi connectivity index (χ3v) is 5.58. The first kappa shape index (κ1) is 19.3. The maximum absolute atomic E-state index is 12.6. The molecule has 2 aromatic rings. The second-order valence-electron chi connectivity index (χ2n) is 6.94. The third-order valence-electron chi connectivity index (χ3n) is 4.79. The Kier molecular flexibility index (Phi) is 5.44. The lowest BCUT2D eigenvalue weighted by atomic mass is 10.1. The van der Waals surface area contributed by atoms with Crippen molar-refractivity contribution in [1.82, 2.24) is 10.2 Å². The summed E-state index contributed by atoms with van der Waals surface area (Å²) in [7, 11) is 0. The smallest absolute Gasteiger partial charge is 0.287 e. The van der Waals surface area contributed by atoms with Crippen molar-refractivity contribution in [3.05, 3.63) is 59.2 Å². The van der Waals surface area contributed by atoms with Gasteiger partial charge in [0.15, 0.2) is 6.73 Å². The van der Waals surface area contributed by atoms with E-state index in [2.05, 4.69) is 5.32 Å². The van der Waals surface area contributed by atoms with Gasteiger partial charge in [-0.1, -0.05) is 18.2 Å². The number of nitrogens with zero attached hydrogens (tertiary/aromatic N) is 1. The number of hydrogen-bond acceptors (Lipinski definition) is 6. The molecule has 2 aliphatic rings. The largest absolute Gasteiger partial charge is 0.492 e. The predicted molar refractivity (Wildman–Crippen MR) is 108 cm³/mol. The first-order valence-corrected chi connectivity index (χ1v) is 10.1. The van der Waals surface area contributed by atoms with Gasteiger partial charge in [-0.3, -0.25) is 14.4 Å². The Hall–Kier alpha value is -3.00. The Morgan fingerprint density at radius 2 is 1.97 bits per heavy atom. The van der Waals surface area contributed by atoms with Crippen molar-refractivity contribution in [1.29, 1.82) is 0 Å². The Labute approximate surface area is 172 Å². The van der Waals surface area contributed by atoms with E-state index in [1.54, 1.807) is 11.0 Å². The van der Waals surface area contributed by atoms with Crippen LogP contribution in [0.25, 0.3) is 0 Å². The van der Waals surface area contributed by atoms with E-state index in [0.717, 1.165) is 11.1 Å². The number of carbonyl (C=O) groups is 3. The normalized spacial score (nSPS) is 18.3. The molecule has 0 aliphatic carbocycles. The van der Waals surface area contributed by atoms with Crippen molar-refractivity contribution in [2.24, 2.45) is 0 Å². The number of aryl methyl sites for hydroxylation is 1. The zero-order chi connectivity index (χ0) is 20.4. The maximum Gasteiger partial charge on any atom is 0.287 e. The fourth-order valence-electron chi connectivity index (χ4n) is 3.23. The van der Waals surface area contributed by atoms with Crippen LogP contribution in [0.15, 0.2) is 42.5 Å². The Morgan fingerprint density at radius 3 is 2.69 bits per heavy atom. The topological polar surface area (TPSA) is 84.9 Å². The van der Waals surface area contributed by atoms with Gasteiger partial charge in [-0.25, -0.2) is 0 Å². The molecule has 2 amide bonds. The molecule has 0 radical (unpaired) electrons. The summed E-state index contributed by atoms with van der Waals surface area (Å²) in [4.78, 5) is 37.1. The number of carbonyl (C=O) groups excluding carboxylic acids is 3. The molecule has 29 heavy (non-hydrogen) atoms. The average Bonchev–Trinajstić information content (AvgIpc) is 3.01. The molecule has 0 bridgehead atoms. The Bertz CT molecular complexity index is 960. The van der Waals surface area contributed by atoms with Crippen molar-refractivity contribution in [3.8, 4) is 11.5 Å². The van der Waals surface area contributed by atoms with E-state index in [1.165, 1.54) is 0 Å². The van der Waals surface area contributed by atoms with Crippen LogP contribution in [0.1, 0.15) is 21.5 Å². The molecular formula is C21H20N2O5S. The van der Waals surface area contributed by atoms with Gasteiger partial charge in [-0.15, -0.1) is 0 Å². The SMILES string of the molecule is Cc1ccc2c(c1)OCN(CCOc1ccc(CC3NC(=O)SC3=O)cc1)C2=O. The molecule has 7 nitrogen and oxygen atoms in total. The van der Waals surface area contributed by atoms with Crippen LogP contribution in [0.4, 0.5) is 4.79 Å². The molecule has 8 heteroatoms. The number of fused-ring (bicyclic) bond motifs is 1. The number of hydrogen-bond donors (Lipinski definition) is 1. The van der Waals surface area contributed by atoms with E-state index in [4.69, 9.17) is 9.47 Å². The number of rotatable bonds is 6. The van der Waals surface area contributed by atoms with Crippen molar-refractivity contribution in [3.63, 3.8) is 0 Å². The summed E-state index contributed by atoms with van der Waals surface area (Å²) < 4.78 is 11.4. The average molecular weight is 412 g/mol. The minimum Gasteiger partial charge on any atom is -0.492 e. The second kappa shape index (κ2) is 8.16. The van der Waals surface area contributed by atoms with Crippen molar-refractivity contribution >= 4 is 28.0 Å². The van der Waals surface area contributed by atoms with Gasteiger partial charge < -0.3 is 19.7 Å². The molecule has 0 spiro atoms. The molecule has 1 fully saturated rings. The molecule has 150 valence electrons. The maximum atomic E-state index is 12.6. The summed E-state index contributed by atoms with van der Waals surface area (Å²) in [6, 6.07) is 12.4. The summed E-state index contributed by atoms with van der Waals surface area (Å²) in [5, 5.41) is 2.20. The van der Waals surface area contributed by atoms with E-state index in [1.807, 2.05) is 43.3 Å². The summed E-state index contributed by atoms with van der Waals surface area (Å²) in [5.74, 6) is 1.23. The molecule has 0 aromatic heterocycles. The van der Waals surface area contributed by atoms with Gasteiger partial charge in [-0.05, 0) is 42.3 Å². The van der Waals surface area contributed by atoms with Crippen LogP contribution in [0.5, 0.6) is 11.5 Å². The number of amides is 2. The summed E-state index contributed by atoms with van der Waals surface area (Å²) >= 11 is 0.716. The standard InChI is InChI=1S/C21H20N2O5S/c1-13-2-7-16-18(10-13)28-12-23(19(16)24)8-9-27-15-5-3-14(4-6-15)11-17-20(25)29-21(26)22-17/h2-7,10,17H,8-9,11-12H2,1H3,(H,22,26). The van der Waals surface area contributed by atoms with Crippen molar-refractivity contribution in [2.75, 3.05) is 19.9 Å². The minimum atomic E-state index is -0.476. The molecule has 0 saturated carbocycles. The van der Waals surface area contributed by atoms with Gasteiger partial charge in [0.1, 0.15) is 24.1 Å². The third kappa shape index (κ3) is 4.37. The van der Waals surface area contributed by atoms with Crippen LogP contribution < -0.4 is 14.8 Å². The Balaban J connectivity index is 1.28. The van der Waals surface area contributed by atoms with Crippen molar-refractivity contribution < 1.29 is 23.9 Å². The quantitative estimate of drug-likeness (QED) is 0.785. The van der Waals surface area contributed by atoms with Crippen molar-refractivity contribution in [2.45, 2.75) is 19.4 Å². The number of ether oxygens (including phenoxy) is 2. The lowest BCUT2D eigenvalue weighted by Crippen LogP contribution is -2.41. The fraction of sp³-hybridized carbons (Fsp3) is 0.286. The van der Waals surface area contributed by atoms with Crippen LogP contribution in [-0.2, 0) is 11.2 Å². The zero-order valence-electron chi connectivity index (χ0n) is 15.8. The highest BCUT2D eigenvalue weighted by Gasteiger charge is 2.31. The monoisotopic (exact) mass is 412 g/mol. The summed E-state index contributed by atoms with van der Waals surface area (Å²) in [6.45, 7) is 2.91. The van der Waals surface area contributed by atoms with Gasteiger partial charge in [-0.2, -0.15) is 0 Å². The second-order valence-corrected chi connectivity index (χ2v) is 7.92. The van der Waals surface area contributed by atoms with E-state index < -0.39 is 6.04 Å². The van der Waals surface area contributed by atoms with E-state index >= 15 is 0 Å². The number of nitrogens with one attached hydrogen (secondary N) is 1. The van der Waals surface area contributed by atoms with Crippen LogP contribution in [0.2, 0.25) is 0 Å². The highest BCUT2D eigenvalue weighted by atomic mass is 32.2. The van der Waals surface area contributed by atoms with Gasteiger partial charge >= 0.3 is 0 Å². The highest BCUT2D eigenvalue weighted by Crippen LogP contribution is 2.26. The van der Waals surface area contributed by atoms with E-state index in [0.29, 0.717) is 48.4 Å². The van der Waals surface area contributed by atoms with Crippen LogP contribution in [-0.4, -0.2) is 47.1 Å². The molecule has 4 rings (SSSR count). The molecule has 2 aromatic carbocycles. The highest BCUT2D eigenvalue weighted by molar-refractivity contribution is 8.26. The number of thioether (sulfide) groups is 1. The van der Waals surface area contributed by atoms with Gasteiger partial charge in [0.25, 0.3) is 11.1 Å². The van der Waals surface area contributed by atoms with E-state index in [-0.39, 0.29) is 23.0 Å². The summed E-state index contributed by atoms with van der Waals surface area (Å²) in [6.07, 6.45) is 0.455. The molecule has 2 heterocycles. The fourth-order valence-corrected chi connectivity index (χ4v) is 3.90. The van der Waals surface area contributed by atoms with Gasteiger partial charge in [0, 0.05) is 18.2 Å². The van der Waals surface area contributed by atoms with Gasteiger partial charge in [0.2, 0.25) is 5.12 Å². The predicted octanol–water partition coefficient (Wildman–Crippen LogP) is 2.76. The number of benzene rings is 2. The molecular weight excluding hydrogens is 392 g/mol. The van der Waals surface area contributed by atoms with E-state index in [9.17, 15) is 14.4 Å². The van der Waals surface area contributed by atoms with Crippen LogP contribution in [0.3, 0.4) is 0 Å². The molecule has 2 aliphatic heterocycles. The molecule has 1 unspecified atom stereocenters. The van der Waals surface area contributed by atoms with Crippen LogP contribution in [0, 0.1) is 6.92 Å².